The molecule has 2 atom stereocenters. The van der Waals surface area contributed by atoms with E-state index in [1.54, 1.807) is 0 Å². The van der Waals surface area contributed by atoms with E-state index in [0.29, 0.717) is 12.0 Å². The lowest BCUT2D eigenvalue weighted by Gasteiger charge is -2.30. The fourth-order valence-electron chi connectivity index (χ4n) is 3.51. The largest absolute Gasteiger partial charge is 0.352 e. The molecule has 2 N–H and O–H groups in total. The molecule has 0 bridgehead atoms. The average molecular weight is 344 g/mol. The molecule has 2 rings (SSSR count). The first-order chi connectivity index (χ1) is 12.0. The Morgan fingerprint density at radius 3 is 2.28 bits per heavy atom. The van der Waals surface area contributed by atoms with Gasteiger partial charge in [-0.25, -0.2) is 0 Å². The Bertz CT molecular complexity index is 550. The summed E-state index contributed by atoms with van der Waals surface area (Å²) in [4.78, 5) is 25.5. The van der Waals surface area contributed by atoms with Crippen LogP contribution in [0.4, 0.5) is 0 Å². The molecule has 0 saturated heterocycles. The molecule has 1 aliphatic carbocycles. The highest BCUT2D eigenvalue weighted by molar-refractivity contribution is 6.00. The molecule has 0 aromatic heterocycles. The Morgan fingerprint density at radius 2 is 1.72 bits per heavy atom. The SMILES string of the molecule is CCC(N[C@H](C(=O)NC1CCCCC1)C(C)C)C(=O)c1ccccc1. The molecular weight excluding hydrogens is 312 g/mol. The maximum atomic E-state index is 12.8. The van der Waals surface area contributed by atoms with E-state index >= 15 is 0 Å². The number of hydrogen-bond donors (Lipinski definition) is 2. The van der Waals surface area contributed by atoms with Gasteiger partial charge in [0.25, 0.3) is 0 Å². The zero-order valence-corrected chi connectivity index (χ0v) is 15.8. The molecule has 1 aromatic carbocycles. The van der Waals surface area contributed by atoms with Crippen molar-refractivity contribution in [2.75, 3.05) is 0 Å². The van der Waals surface area contributed by atoms with E-state index in [9.17, 15) is 9.59 Å². The molecule has 1 amide bonds. The van der Waals surface area contributed by atoms with Gasteiger partial charge in [-0.05, 0) is 25.2 Å². The van der Waals surface area contributed by atoms with Gasteiger partial charge in [0.05, 0.1) is 12.1 Å². The van der Waals surface area contributed by atoms with Crippen LogP contribution < -0.4 is 10.6 Å². The van der Waals surface area contributed by atoms with Crippen LogP contribution in [0, 0.1) is 5.92 Å². The van der Waals surface area contributed by atoms with Crippen molar-refractivity contribution in [2.24, 2.45) is 5.92 Å². The predicted molar refractivity (Wildman–Crippen MR) is 102 cm³/mol. The summed E-state index contributed by atoms with van der Waals surface area (Å²) in [5.74, 6) is 0.210. The van der Waals surface area contributed by atoms with Crippen LogP contribution in [0.2, 0.25) is 0 Å². The van der Waals surface area contributed by atoms with Crippen LogP contribution in [0.5, 0.6) is 0 Å². The van der Waals surface area contributed by atoms with Crippen molar-refractivity contribution in [2.45, 2.75) is 77.4 Å². The normalized spacial score (nSPS) is 17.9. The van der Waals surface area contributed by atoms with E-state index in [-0.39, 0.29) is 35.7 Å². The monoisotopic (exact) mass is 344 g/mol. The first-order valence-electron chi connectivity index (χ1n) is 9.68. The molecule has 25 heavy (non-hydrogen) atoms. The van der Waals surface area contributed by atoms with Gasteiger partial charge in [-0.2, -0.15) is 0 Å². The second kappa shape index (κ2) is 9.71. The second-order valence-corrected chi connectivity index (χ2v) is 7.42. The van der Waals surface area contributed by atoms with E-state index < -0.39 is 0 Å². The first kappa shape index (κ1) is 19.6. The van der Waals surface area contributed by atoms with Gasteiger partial charge >= 0.3 is 0 Å². The van der Waals surface area contributed by atoms with Crippen molar-refractivity contribution in [1.82, 2.24) is 10.6 Å². The molecule has 1 aliphatic rings. The van der Waals surface area contributed by atoms with Gasteiger partial charge in [-0.15, -0.1) is 0 Å². The standard InChI is InChI=1S/C21H32N2O2/c1-4-18(20(24)16-11-7-5-8-12-16)23-19(15(2)3)21(25)22-17-13-9-6-10-14-17/h5,7-8,11-12,15,17-19,23H,4,6,9-10,13-14H2,1-3H3,(H,22,25)/t18?,19-/m0/s1. The molecule has 0 spiro atoms. The summed E-state index contributed by atoms with van der Waals surface area (Å²) >= 11 is 0. The van der Waals surface area contributed by atoms with Crippen LogP contribution in [0.25, 0.3) is 0 Å². The van der Waals surface area contributed by atoms with Crippen molar-refractivity contribution in [1.29, 1.82) is 0 Å². The topological polar surface area (TPSA) is 58.2 Å². The predicted octanol–water partition coefficient (Wildman–Crippen LogP) is 3.71. The van der Waals surface area contributed by atoms with Crippen molar-refractivity contribution in [3.8, 4) is 0 Å². The lowest BCUT2D eigenvalue weighted by Crippen LogP contribution is -2.55. The third kappa shape index (κ3) is 5.67. The molecule has 1 fully saturated rings. The lowest BCUT2D eigenvalue weighted by atomic mass is 9.94. The first-order valence-corrected chi connectivity index (χ1v) is 9.68. The minimum absolute atomic E-state index is 0.0289. The quantitative estimate of drug-likeness (QED) is 0.707. The number of benzene rings is 1. The third-order valence-electron chi connectivity index (χ3n) is 5.06. The number of Topliss-reactive ketones (excluding diaryl/α,β-unsaturated/α-hetero) is 1. The molecule has 4 heteroatoms. The maximum absolute atomic E-state index is 12.8. The van der Waals surface area contributed by atoms with Crippen LogP contribution >= 0.6 is 0 Å². The highest BCUT2D eigenvalue weighted by Crippen LogP contribution is 2.18. The molecule has 0 aliphatic heterocycles. The Kier molecular flexibility index (Phi) is 7.63. The average Bonchev–Trinajstić information content (AvgIpc) is 2.63. The number of hydrogen-bond acceptors (Lipinski definition) is 3. The number of carbonyl (C=O) groups excluding carboxylic acids is 2. The molecule has 1 aromatic rings. The number of carbonyl (C=O) groups is 2. The number of rotatable bonds is 8. The molecule has 4 nitrogen and oxygen atoms in total. The van der Waals surface area contributed by atoms with Crippen molar-refractivity contribution in [3.05, 3.63) is 35.9 Å². The smallest absolute Gasteiger partial charge is 0.237 e. The minimum Gasteiger partial charge on any atom is -0.352 e. The second-order valence-electron chi connectivity index (χ2n) is 7.42. The summed E-state index contributed by atoms with van der Waals surface area (Å²) < 4.78 is 0. The fourth-order valence-corrected chi connectivity index (χ4v) is 3.51. The van der Waals surface area contributed by atoms with Crippen molar-refractivity contribution < 1.29 is 9.59 Å². The van der Waals surface area contributed by atoms with Gasteiger partial charge in [0.1, 0.15) is 0 Å². The van der Waals surface area contributed by atoms with Gasteiger partial charge in [-0.3, -0.25) is 14.9 Å². The summed E-state index contributed by atoms with van der Waals surface area (Å²) in [6.45, 7) is 6.03. The van der Waals surface area contributed by atoms with Gasteiger partial charge < -0.3 is 5.32 Å². The Hall–Kier alpha value is -1.68. The van der Waals surface area contributed by atoms with Crippen LogP contribution in [0.15, 0.2) is 30.3 Å². The zero-order valence-electron chi connectivity index (χ0n) is 15.8. The summed E-state index contributed by atoms with van der Waals surface area (Å²) in [7, 11) is 0. The molecule has 138 valence electrons. The number of amides is 1. The summed E-state index contributed by atoms with van der Waals surface area (Å²) in [5.41, 5.74) is 0.692. The van der Waals surface area contributed by atoms with Crippen molar-refractivity contribution in [3.63, 3.8) is 0 Å². The van der Waals surface area contributed by atoms with Gasteiger partial charge in [0, 0.05) is 11.6 Å². The van der Waals surface area contributed by atoms with E-state index in [1.165, 1.54) is 19.3 Å². The van der Waals surface area contributed by atoms with Crippen LogP contribution in [-0.2, 0) is 4.79 Å². The highest BCUT2D eigenvalue weighted by Gasteiger charge is 2.29. The molecule has 0 heterocycles. The van der Waals surface area contributed by atoms with E-state index in [1.807, 2.05) is 51.1 Å². The number of nitrogens with one attached hydrogen (secondary N) is 2. The fraction of sp³-hybridized carbons (Fsp3) is 0.619. The van der Waals surface area contributed by atoms with E-state index in [0.717, 1.165) is 12.8 Å². The Balaban J connectivity index is 2.02. The summed E-state index contributed by atoms with van der Waals surface area (Å²) in [6, 6.07) is 8.91. The van der Waals surface area contributed by atoms with Gasteiger partial charge in [-0.1, -0.05) is 70.4 Å². The third-order valence-corrected chi connectivity index (χ3v) is 5.06. The Morgan fingerprint density at radius 1 is 1.08 bits per heavy atom. The molecule has 1 unspecified atom stereocenters. The van der Waals surface area contributed by atoms with Crippen LogP contribution in [0.3, 0.4) is 0 Å². The van der Waals surface area contributed by atoms with Crippen LogP contribution in [0.1, 0.15) is 69.7 Å². The molecule has 0 radical (unpaired) electrons. The van der Waals surface area contributed by atoms with E-state index in [2.05, 4.69) is 10.6 Å². The van der Waals surface area contributed by atoms with E-state index in [4.69, 9.17) is 0 Å². The summed E-state index contributed by atoms with van der Waals surface area (Å²) in [5, 5.41) is 6.52. The number of ketones is 1. The summed E-state index contributed by atoms with van der Waals surface area (Å²) in [6.07, 6.45) is 6.44. The maximum Gasteiger partial charge on any atom is 0.237 e. The van der Waals surface area contributed by atoms with Gasteiger partial charge in [0.15, 0.2) is 5.78 Å². The molecular formula is C21H32N2O2. The lowest BCUT2D eigenvalue weighted by molar-refractivity contribution is -0.125. The molecule has 1 saturated carbocycles. The Labute approximate surface area is 151 Å². The highest BCUT2D eigenvalue weighted by atomic mass is 16.2. The zero-order chi connectivity index (χ0) is 18.2. The van der Waals surface area contributed by atoms with Crippen molar-refractivity contribution >= 4 is 11.7 Å². The van der Waals surface area contributed by atoms with Crippen LogP contribution in [-0.4, -0.2) is 29.8 Å². The minimum atomic E-state index is -0.348. The van der Waals surface area contributed by atoms with Gasteiger partial charge in [0.2, 0.25) is 5.91 Å².